The number of anilines is 2. The van der Waals surface area contributed by atoms with Gasteiger partial charge < -0.3 is 35.4 Å². The predicted octanol–water partition coefficient (Wildman–Crippen LogP) is 0.778. The van der Waals surface area contributed by atoms with Gasteiger partial charge in [-0.25, -0.2) is 9.79 Å². The molecule has 188 valence electrons. The van der Waals surface area contributed by atoms with Crippen LogP contribution in [0.25, 0.3) is 0 Å². The van der Waals surface area contributed by atoms with Gasteiger partial charge in [0.2, 0.25) is 6.29 Å². The van der Waals surface area contributed by atoms with E-state index in [0.29, 0.717) is 26.2 Å². The molecule has 3 aliphatic heterocycles. The number of aliphatic imine (C=N–C) groups is 1. The van der Waals surface area contributed by atoms with Crippen molar-refractivity contribution < 1.29 is 39.4 Å². The summed E-state index contributed by atoms with van der Waals surface area (Å²) >= 11 is 1.68. The van der Waals surface area contributed by atoms with Crippen molar-refractivity contribution in [3.63, 3.8) is 0 Å². The van der Waals surface area contributed by atoms with E-state index in [1.54, 1.807) is 11.3 Å². The summed E-state index contributed by atoms with van der Waals surface area (Å²) in [5, 5.41) is 44.2. The number of carboxylic acid groups (broad SMARTS) is 1. The number of aliphatic hydroxyl groups is 3. The van der Waals surface area contributed by atoms with Crippen molar-refractivity contribution in [1.82, 2.24) is 4.90 Å². The molecule has 1 aromatic carbocycles. The monoisotopic (exact) mass is 505 g/mol. The summed E-state index contributed by atoms with van der Waals surface area (Å²) in [5.41, 5.74) is 2.84. The molecule has 4 heterocycles. The van der Waals surface area contributed by atoms with Gasteiger partial charge in [0.25, 0.3) is 0 Å². The van der Waals surface area contributed by atoms with Crippen LogP contribution in [0.5, 0.6) is 0 Å². The number of rotatable bonds is 3. The van der Waals surface area contributed by atoms with Gasteiger partial charge in [-0.15, -0.1) is 11.3 Å². The minimum Gasteiger partial charge on any atom is -0.479 e. The number of aliphatic carboxylic acids is 1. The van der Waals surface area contributed by atoms with Crippen LogP contribution >= 0.6 is 11.3 Å². The summed E-state index contributed by atoms with van der Waals surface area (Å²) in [4.78, 5) is 25.7. The zero-order chi connectivity index (χ0) is 24.9. The molecule has 5 N–H and O–H groups in total. The van der Waals surface area contributed by atoms with Crippen molar-refractivity contribution in [1.29, 1.82) is 0 Å². The number of nitrogens with one attached hydrogen (secondary N) is 1. The largest absolute Gasteiger partial charge is 0.479 e. The fourth-order valence-electron chi connectivity index (χ4n) is 4.58. The van der Waals surface area contributed by atoms with E-state index in [1.165, 1.54) is 4.88 Å². The van der Waals surface area contributed by atoms with E-state index < -0.39 is 36.7 Å². The Labute approximate surface area is 206 Å². The highest BCUT2D eigenvalue weighted by Crippen LogP contribution is 2.39. The molecule has 0 saturated carbocycles. The third kappa shape index (κ3) is 4.54. The molecule has 5 atom stereocenters. The highest BCUT2D eigenvalue weighted by atomic mass is 32.1. The van der Waals surface area contributed by atoms with Gasteiger partial charge in [-0.2, -0.15) is 9.48 Å². The summed E-state index contributed by atoms with van der Waals surface area (Å²) in [6, 6.07) is 10.0. The van der Waals surface area contributed by atoms with Crippen LogP contribution in [0, 0.1) is 6.92 Å². The van der Waals surface area contributed by atoms with Crippen LogP contribution < -0.4 is 5.32 Å². The highest BCUT2D eigenvalue weighted by Gasteiger charge is 2.51. The molecule has 35 heavy (non-hydrogen) atoms. The second-order valence-electron chi connectivity index (χ2n) is 9.25. The van der Waals surface area contributed by atoms with Crippen molar-refractivity contribution >= 4 is 39.5 Å². The molecule has 0 spiro atoms. The number of quaternary nitrogens is 1. The summed E-state index contributed by atoms with van der Waals surface area (Å²) in [6.07, 6.45) is -8.13. The minimum absolute atomic E-state index is 0.0328. The second-order valence-corrected chi connectivity index (χ2v) is 10.5. The average molecular weight is 506 g/mol. The van der Waals surface area contributed by atoms with Gasteiger partial charge in [-0.3, -0.25) is 0 Å². The Balaban J connectivity index is 1.33. The van der Waals surface area contributed by atoms with E-state index in [1.807, 2.05) is 31.3 Å². The summed E-state index contributed by atoms with van der Waals surface area (Å²) in [5.74, 6) is -0.571. The zero-order valence-corrected chi connectivity index (χ0v) is 20.2. The van der Waals surface area contributed by atoms with Crippen molar-refractivity contribution in [3.05, 3.63) is 40.8 Å². The lowest BCUT2D eigenvalue weighted by Crippen LogP contribution is -2.65. The molecular formula is C23H29N4O7S+. The lowest BCUT2D eigenvalue weighted by atomic mass is 9.99. The standard InChI is InChI=1S/C23H28N4O7S/c1-12-11-13-20(24-14-5-3-4-6-15(14)25-21(13)35-12)26-7-9-27(2,10-8-26)34-23-18(30)16(28)17(29)19(33-23)22(31)32/h3-6,11,16-19,23,28-30H,7-10H2,1-2H3,(H-,24,25,31,32)/p+1/t16-,17-,18+,19-,23?/m0/s1. The van der Waals surface area contributed by atoms with E-state index in [0.717, 1.165) is 27.8 Å². The molecule has 12 heteroatoms. The maximum absolute atomic E-state index is 11.4. The van der Waals surface area contributed by atoms with Gasteiger partial charge in [0.15, 0.2) is 6.10 Å². The molecule has 1 aromatic heterocycles. The molecule has 2 aromatic rings. The normalized spacial score (nSPS) is 29.9. The lowest BCUT2D eigenvalue weighted by molar-refractivity contribution is -1.10. The molecule has 0 radical (unpaired) electrons. The fraction of sp³-hybridized carbons (Fsp3) is 0.478. The number of carbonyl (C=O) groups is 1. The van der Waals surface area contributed by atoms with E-state index in [9.17, 15) is 25.2 Å². The number of nitrogens with zero attached hydrogens (tertiary/aromatic N) is 3. The number of aliphatic hydroxyl groups excluding tert-OH is 3. The smallest absolute Gasteiger partial charge is 0.335 e. The number of hydroxylamine groups is 3. The van der Waals surface area contributed by atoms with E-state index in [-0.39, 0.29) is 4.65 Å². The Morgan fingerprint density at radius 2 is 1.91 bits per heavy atom. The van der Waals surface area contributed by atoms with E-state index >= 15 is 0 Å². The molecule has 3 aliphatic rings. The van der Waals surface area contributed by atoms with E-state index in [2.05, 4.69) is 23.2 Å². The molecule has 0 bridgehead atoms. The first-order valence-corrected chi connectivity index (χ1v) is 12.2. The highest BCUT2D eigenvalue weighted by molar-refractivity contribution is 7.16. The third-order valence-electron chi connectivity index (χ3n) is 6.63. The molecule has 2 fully saturated rings. The number of para-hydroxylation sites is 2. The minimum atomic E-state index is -1.75. The number of likely N-dealkylation sites (N-methyl/N-ethyl adjacent to an activating group) is 1. The number of ether oxygens (including phenoxy) is 1. The summed E-state index contributed by atoms with van der Waals surface area (Å²) < 4.78 is 5.35. The quantitative estimate of drug-likeness (QED) is 0.382. The van der Waals surface area contributed by atoms with Crippen molar-refractivity contribution in [3.8, 4) is 0 Å². The number of piperazine rings is 1. The number of benzene rings is 1. The molecule has 0 amide bonds. The molecule has 5 rings (SSSR count). The van der Waals surface area contributed by atoms with Crippen LogP contribution in [0.1, 0.15) is 10.4 Å². The van der Waals surface area contributed by atoms with E-state index in [4.69, 9.17) is 14.6 Å². The maximum Gasteiger partial charge on any atom is 0.335 e. The molecule has 2 saturated heterocycles. The Kier molecular flexibility index (Phi) is 6.30. The first-order chi connectivity index (χ1) is 16.6. The van der Waals surface area contributed by atoms with Crippen LogP contribution in [-0.4, -0.2) is 106 Å². The molecular weight excluding hydrogens is 476 g/mol. The third-order valence-corrected chi connectivity index (χ3v) is 7.60. The predicted molar refractivity (Wildman–Crippen MR) is 128 cm³/mol. The van der Waals surface area contributed by atoms with Crippen LogP contribution in [-0.2, 0) is 14.4 Å². The van der Waals surface area contributed by atoms with Gasteiger partial charge in [0.05, 0.1) is 37.1 Å². The summed E-state index contributed by atoms with van der Waals surface area (Å²) in [6.45, 7) is 4.23. The van der Waals surface area contributed by atoms with Gasteiger partial charge in [-0.1, -0.05) is 12.1 Å². The van der Waals surface area contributed by atoms with Gasteiger partial charge in [0, 0.05) is 4.88 Å². The van der Waals surface area contributed by atoms with Crippen LogP contribution in [0.3, 0.4) is 0 Å². The van der Waals surface area contributed by atoms with Crippen LogP contribution in [0.4, 0.5) is 16.4 Å². The van der Waals surface area contributed by atoms with Gasteiger partial charge >= 0.3 is 5.97 Å². The topological polar surface area (TPSA) is 144 Å². The number of aryl methyl sites for hydroxylation is 1. The Bertz CT molecular complexity index is 1150. The molecule has 1 unspecified atom stereocenters. The molecule has 0 aliphatic carbocycles. The van der Waals surface area contributed by atoms with Gasteiger partial charge in [0.1, 0.15) is 42.2 Å². The zero-order valence-electron chi connectivity index (χ0n) is 19.4. The average Bonchev–Trinajstić information content (AvgIpc) is 3.11. The first-order valence-electron chi connectivity index (χ1n) is 11.4. The van der Waals surface area contributed by atoms with Crippen molar-refractivity contribution in [2.75, 3.05) is 38.5 Å². The van der Waals surface area contributed by atoms with Crippen LogP contribution in [0.2, 0.25) is 0 Å². The Hall–Kier alpha value is -2.58. The molecule has 11 nitrogen and oxygen atoms in total. The van der Waals surface area contributed by atoms with Crippen molar-refractivity contribution in [2.45, 2.75) is 37.6 Å². The Morgan fingerprint density at radius 3 is 2.63 bits per heavy atom. The number of amidine groups is 1. The number of thiophene rings is 1. The number of fused-ring (bicyclic) bond motifs is 2. The summed E-state index contributed by atoms with van der Waals surface area (Å²) in [7, 11) is 1.81. The Morgan fingerprint density at radius 1 is 1.20 bits per heavy atom. The fourth-order valence-corrected chi connectivity index (χ4v) is 5.50. The van der Waals surface area contributed by atoms with Crippen LogP contribution in [0.15, 0.2) is 35.3 Å². The first kappa shape index (κ1) is 24.1. The number of hydrogen-bond acceptors (Lipinski definition) is 10. The van der Waals surface area contributed by atoms with Crippen molar-refractivity contribution in [2.24, 2.45) is 4.99 Å². The lowest BCUT2D eigenvalue weighted by Gasteiger charge is -2.45. The number of hydrogen-bond donors (Lipinski definition) is 5. The second kappa shape index (κ2) is 9.13. The SMILES string of the molecule is Cc1cc2c(s1)Nc1ccccc1N=C2N1CC[N+](C)(OC2O[C@H](C(=O)O)[C@@H](O)[C@H](O)[C@H]2O)CC1. The number of carboxylic acids is 1. The maximum atomic E-state index is 11.4. The van der Waals surface area contributed by atoms with Gasteiger partial charge in [-0.05, 0) is 25.1 Å².